The first-order valence-electron chi connectivity index (χ1n) is 11.7. The lowest BCUT2D eigenvalue weighted by Gasteiger charge is -2.32. The fourth-order valence-corrected chi connectivity index (χ4v) is 5.79. The third kappa shape index (κ3) is 5.39. The number of rotatable bonds is 6. The van der Waals surface area contributed by atoms with Crippen molar-refractivity contribution in [2.75, 3.05) is 18.4 Å². The quantitative estimate of drug-likeness (QED) is 0.659. The van der Waals surface area contributed by atoms with Crippen molar-refractivity contribution >= 4 is 33.1 Å². The molecule has 2 N–H and O–H groups in total. The van der Waals surface area contributed by atoms with E-state index in [9.17, 15) is 18.0 Å². The Balaban J connectivity index is 1.50. The number of benzene rings is 2. The molecule has 2 aliphatic rings. The van der Waals surface area contributed by atoms with E-state index in [0.29, 0.717) is 38.0 Å². The van der Waals surface area contributed by atoms with Crippen LogP contribution in [0.5, 0.6) is 0 Å². The molecule has 0 aromatic heterocycles. The van der Waals surface area contributed by atoms with Gasteiger partial charge in [0.15, 0.2) is 0 Å². The van der Waals surface area contributed by atoms with Crippen molar-refractivity contribution in [3.8, 4) is 0 Å². The largest absolute Gasteiger partial charge is 0.337 e. The molecule has 0 radical (unpaired) electrons. The Bertz CT molecular complexity index is 1210. The second kappa shape index (κ2) is 10.1. The number of fused-ring (bicyclic) bond motifs is 1. The number of nitrogens with zero attached hydrogens (tertiary/aromatic N) is 1. The lowest BCUT2D eigenvalue weighted by Crippen LogP contribution is -2.52. The van der Waals surface area contributed by atoms with Gasteiger partial charge in [-0.3, -0.25) is 9.59 Å². The van der Waals surface area contributed by atoms with Crippen molar-refractivity contribution in [3.63, 3.8) is 0 Å². The highest BCUT2D eigenvalue weighted by atomic mass is 32.2. The summed E-state index contributed by atoms with van der Waals surface area (Å²) in [6.45, 7) is 4.68. The number of hydrogen-bond acceptors (Lipinski definition) is 4. The molecule has 34 heavy (non-hydrogen) atoms. The Hall–Kier alpha value is -2.97. The van der Waals surface area contributed by atoms with Gasteiger partial charge in [0.1, 0.15) is 6.04 Å². The minimum Gasteiger partial charge on any atom is -0.337 e. The van der Waals surface area contributed by atoms with E-state index in [1.165, 1.54) is 11.6 Å². The summed E-state index contributed by atoms with van der Waals surface area (Å²) in [5.74, 6) is -0.505. The predicted octanol–water partition coefficient (Wildman–Crippen LogP) is 3.58. The van der Waals surface area contributed by atoms with Gasteiger partial charge in [-0.05, 0) is 60.1 Å². The molecular weight excluding hydrogens is 450 g/mol. The van der Waals surface area contributed by atoms with Crippen LogP contribution in [-0.4, -0.2) is 44.3 Å². The third-order valence-electron chi connectivity index (χ3n) is 6.39. The molecular formula is C26H31N3O4S. The molecule has 2 aromatic carbocycles. The number of aryl methyl sites for hydroxylation is 1. The predicted molar refractivity (Wildman–Crippen MR) is 133 cm³/mol. The molecule has 0 unspecified atom stereocenters. The zero-order valence-electron chi connectivity index (χ0n) is 19.6. The van der Waals surface area contributed by atoms with Crippen LogP contribution in [0.1, 0.15) is 44.2 Å². The summed E-state index contributed by atoms with van der Waals surface area (Å²) < 4.78 is 29.1. The van der Waals surface area contributed by atoms with E-state index in [1.54, 1.807) is 17.0 Å². The minimum absolute atomic E-state index is 0.0658. The summed E-state index contributed by atoms with van der Waals surface area (Å²) in [6, 6.07) is 13.9. The molecule has 4 rings (SSSR count). The fraction of sp³-hybridized carbons (Fsp3) is 0.385. The summed E-state index contributed by atoms with van der Waals surface area (Å²) >= 11 is 0. The number of hydrogen-bond donors (Lipinski definition) is 2. The van der Waals surface area contributed by atoms with Crippen molar-refractivity contribution in [3.05, 3.63) is 65.7 Å². The number of anilines is 1. The molecule has 2 amide bonds. The molecule has 2 aromatic rings. The Morgan fingerprint density at radius 1 is 1.06 bits per heavy atom. The zero-order valence-corrected chi connectivity index (χ0v) is 20.4. The standard InChI is InChI=1S/C26H31N3O4S/c1-18(2)25(26(31)29-15-13-20(14-16-29)19-7-4-3-5-8-19)28-34(32,33)22-11-12-23-21(17-22)9-6-10-24(30)27-23/h3-5,7-8,11-13,17-18,25,28H,6,9-10,14-16H2,1-2H3,(H,27,30)/t25-/m0/s1. The lowest BCUT2D eigenvalue weighted by atomic mass is 9.98. The number of sulfonamides is 1. The van der Waals surface area contributed by atoms with Crippen LogP contribution in [0.15, 0.2) is 59.5 Å². The second-order valence-electron chi connectivity index (χ2n) is 9.19. The fourth-order valence-electron chi connectivity index (χ4n) is 4.41. The highest BCUT2D eigenvalue weighted by Gasteiger charge is 2.32. The van der Waals surface area contributed by atoms with Crippen molar-refractivity contribution < 1.29 is 18.0 Å². The number of amides is 2. The summed E-state index contributed by atoms with van der Waals surface area (Å²) in [5, 5.41) is 2.82. The van der Waals surface area contributed by atoms with Crippen molar-refractivity contribution in [2.24, 2.45) is 5.92 Å². The first-order valence-corrected chi connectivity index (χ1v) is 13.2. The van der Waals surface area contributed by atoms with Crippen LogP contribution in [-0.2, 0) is 26.0 Å². The van der Waals surface area contributed by atoms with Gasteiger partial charge in [-0.1, -0.05) is 50.3 Å². The van der Waals surface area contributed by atoms with E-state index in [4.69, 9.17) is 0 Å². The normalized spacial score (nSPS) is 17.4. The smallest absolute Gasteiger partial charge is 0.241 e. The Labute approximate surface area is 201 Å². The maximum atomic E-state index is 13.3. The van der Waals surface area contributed by atoms with Crippen LogP contribution in [0.3, 0.4) is 0 Å². The van der Waals surface area contributed by atoms with Gasteiger partial charge in [0.25, 0.3) is 0 Å². The maximum absolute atomic E-state index is 13.3. The summed E-state index contributed by atoms with van der Waals surface area (Å²) in [4.78, 5) is 26.9. The average Bonchev–Trinajstić information content (AvgIpc) is 3.02. The molecule has 7 nitrogen and oxygen atoms in total. The van der Waals surface area contributed by atoms with E-state index in [2.05, 4.69) is 22.2 Å². The van der Waals surface area contributed by atoms with Gasteiger partial charge in [-0.15, -0.1) is 0 Å². The van der Waals surface area contributed by atoms with E-state index >= 15 is 0 Å². The van der Waals surface area contributed by atoms with E-state index in [-0.39, 0.29) is 22.6 Å². The molecule has 0 saturated carbocycles. The van der Waals surface area contributed by atoms with Crippen molar-refractivity contribution in [1.29, 1.82) is 0 Å². The highest BCUT2D eigenvalue weighted by molar-refractivity contribution is 7.89. The van der Waals surface area contributed by atoms with Gasteiger partial charge in [-0.2, -0.15) is 4.72 Å². The second-order valence-corrected chi connectivity index (χ2v) is 10.9. The molecule has 2 aliphatic heterocycles. The summed E-state index contributed by atoms with van der Waals surface area (Å²) in [5.41, 5.74) is 3.78. The van der Waals surface area contributed by atoms with E-state index in [1.807, 2.05) is 38.1 Å². The Morgan fingerprint density at radius 3 is 2.50 bits per heavy atom. The molecule has 0 spiro atoms. The highest BCUT2D eigenvalue weighted by Crippen LogP contribution is 2.26. The van der Waals surface area contributed by atoms with Crippen LogP contribution < -0.4 is 10.0 Å². The van der Waals surface area contributed by atoms with Gasteiger partial charge in [0.2, 0.25) is 21.8 Å². The Morgan fingerprint density at radius 2 is 1.82 bits per heavy atom. The molecule has 0 fully saturated rings. The Kier molecular flexibility index (Phi) is 7.19. The van der Waals surface area contributed by atoms with Crippen LogP contribution in [0.2, 0.25) is 0 Å². The number of nitrogens with one attached hydrogen (secondary N) is 2. The lowest BCUT2D eigenvalue weighted by molar-refractivity contribution is -0.133. The van der Waals surface area contributed by atoms with E-state index in [0.717, 1.165) is 17.5 Å². The average molecular weight is 482 g/mol. The van der Waals surface area contributed by atoms with Crippen molar-refractivity contribution in [2.45, 2.75) is 50.5 Å². The topological polar surface area (TPSA) is 95.6 Å². The van der Waals surface area contributed by atoms with Gasteiger partial charge in [0, 0.05) is 25.2 Å². The SMILES string of the molecule is CC(C)[C@H](NS(=O)(=O)c1ccc2c(c1)CCCC(=O)N2)C(=O)N1CC=C(c2ccccc2)CC1. The summed E-state index contributed by atoms with van der Waals surface area (Å²) in [7, 11) is -3.93. The molecule has 0 aliphatic carbocycles. The van der Waals surface area contributed by atoms with Crippen LogP contribution in [0.4, 0.5) is 5.69 Å². The monoisotopic (exact) mass is 481 g/mol. The first-order chi connectivity index (χ1) is 16.2. The summed E-state index contributed by atoms with van der Waals surface area (Å²) in [6.07, 6.45) is 4.46. The third-order valence-corrected chi connectivity index (χ3v) is 7.83. The van der Waals surface area contributed by atoms with Crippen LogP contribution in [0, 0.1) is 5.92 Å². The maximum Gasteiger partial charge on any atom is 0.241 e. The van der Waals surface area contributed by atoms with E-state index < -0.39 is 16.1 Å². The molecule has 0 saturated heterocycles. The zero-order chi connectivity index (χ0) is 24.3. The van der Waals surface area contributed by atoms with Gasteiger partial charge in [-0.25, -0.2) is 8.42 Å². The minimum atomic E-state index is -3.93. The number of carbonyl (C=O) groups excluding carboxylic acids is 2. The molecule has 8 heteroatoms. The van der Waals surface area contributed by atoms with Crippen LogP contribution in [0.25, 0.3) is 5.57 Å². The van der Waals surface area contributed by atoms with Gasteiger partial charge >= 0.3 is 0 Å². The van der Waals surface area contributed by atoms with Crippen molar-refractivity contribution in [1.82, 2.24) is 9.62 Å². The molecule has 0 bridgehead atoms. The van der Waals surface area contributed by atoms with Gasteiger partial charge < -0.3 is 10.2 Å². The van der Waals surface area contributed by atoms with Crippen LogP contribution >= 0.6 is 0 Å². The molecule has 180 valence electrons. The molecule has 2 heterocycles. The number of carbonyl (C=O) groups is 2. The first kappa shape index (κ1) is 24.2. The molecule has 1 atom stereocenters. The van der Waals surface area contributed by atoms with Gasteiger partial charge in [0.05, 0.1) is 4.90 Å².